The van der Waals surface area contributed by atoms with Gasteiger partial charge in [-0.15, -0.1) is 0 Å². The largest absolute Gasteiger partial charge is 0.355 e. The van der Waals surface area contributed by atoms with Crippen LogP contribution in [0.3, 0.4) is 0 Å². The van der Waals surface area contributed by atoms with Gasteiger partial charge in [0.15, 0.2) is 0 Å². The van der Waals surface area contributed by atoms with E-state index in [1.165, 1.54) is 15.8 Å². The van der Waals surface area contributed by atoms with E-state index in [0.717, 1.165) is 55.9 Å². The molecule has 4 heteroatoms. The fraction of sp³-hybridized carbons (Fsp3) is 0.146. The molecule has 0 saturated heterocycles. The van der Waals surface area contributed by atoms with Crippen LogP contribution < -0.4 is 9.80 Å². The highest BCUT2D eigenvalue weighted by Crippen LogP contribution is 2.48. The highest BCUT2D eigenvalue weighted by Gasteiger charge is 2.39. The maximum Gasteiger partial charge on any atom is 0.137 e. The van der Waals surface area contributed by atoms with E-state index >= 15 is 0 Å². The van der Waals surface area contributed by atoms with E-state index in [2.05, 4.69) is 170 Å². The standard InChI is InChI=1S/C48H42N4/c1-47(2,3)36-28-29-49-46(32-36)52-42-23-12-11-22-40(42)41-27-26-38(31-45(41)52)48(34-16-7-5-8-17-34,35-18-9-6-10-19-35)37-20-15-21-39(30-37)51-33-50(4)43-24-13-14-25-44(43)51/h5-32H,33H2,1-4H3/i4D3. The molecule has 0 saturated carbocycles. The zero-order valence-electron chi connectivity index (χ0n) is 32.7. The number of para-hydroxylation sites is 3. The second-order valence-corrected chi connectivity index (χ2v) is 14.8. The fourth-order valence-electron chi connectivity index (χ4n) is 8.18. The van der Waals surface area contributed by atoms with Gasteiger partial charge in [0.2, 0.25) is 0 Å². The predicted octanol–water partition coefficient (Wildman–Crippen LogP) is 11.4. The molecular weight excluding hydrogens is 633 g/mol. The minimum absolute atomic E-state index is 0.0429. The lowest BCUT2D eigenvalue weighted by Crippen LogP contribution is -2.31. The Morgan fingerprint density at radius 2 is 1.17 bits per heavy atom. The molecule has 8 aromatic rings. The van der Waals surface area contributed by atoms with Gasteiger partial charge in [0.25, 0.3) is 0 Å². The summed E-state index contributed by atoms with van der Waals surface area (Å²) in [6.45, 7) is 4.64. The average Bonchev–Trinajstić information content (AvgIpc) is 3.76. The van der Waals surface area contributed by atoms with Crippen molar-refractivity contribution in [3.63, 3.8) is 0 Å². The van der Waals surface area contributed by atoms with Crippen molar-refractivity contribution in [3.05, 3.63) is 198 Å². The van der Waals surface area contributed by atoms with Crippen molar-refractivity contribution in [1.29, 1.82) is 0 Å². The highest BCUT2D eigenvalue weighted by molar-refractivity contribution is 6.09. The van der Waals surface area contributed by atoms with Crippen LogP contribution in [0.5, 0.6) is 0 Å². The number of aromatic nitrogens is 2. The third-order valence-corrected chi connectivity index (χ3v) is 10.7. The molecule has 0 amide bonds. The second kappa shape index (κ2) is 12.3. The van der Waals surface area contributed by atoms with E-state index in [-0.39, 0.29) is 12.1 Å². The summed E-state index contributed by atoms with van der Waals surface area (Å²) in [5.74, 6) is 0.884. The zero-order valence-corrected chi connectivity index (χ0v) is 29.7. The Morgan fingerprint density at radius 1 is 0.538 bits per heavy atom. The number of rotatable bonds is 6. The van der Waals surface area contributed by atoms with E-state index in [1.807, 2.05) is 30.5 Å². The van der Waals surface area contributed by atoms with Gasteiger partial charge < -0.3 is 9.80 Å². The van der Waals surface area contributed by atoms with Gasteiger partial charge in [-0.1, -0.05) is 136 Å². The molecule has 0 bridgehead atoms. The molecule has 0 unspecified atom stereocenters. The molecule has 1 aliphatic heterocycles. The summed E-state index contributed by atoms with van der Waals surface area (Å²) < 4.78 is 27.3. The van der Waals surface area contributed by atoms with E-state index in [9.17, 15) is 0 Å². The van der Waals surface area contributed by atoms with Crippen molar-refractivity contribution in [3.8, 4) is 5.82 Å². The van der Waals surface area contributed by atoms with Crippen molar-refractivity contribution in [2.75, 3.05) is 23.4 Å². The van der Waals surface area contributed by atoms with E-state index in [4.69, 9.17) is 9.10 Å². The van der Waals surface area contributed by atoms with E-state index in [1.54, 1.807) is 0 Å². The third kappa shape index (κ3) is 5.01. The Kier molecular flexibility index (Phi) is 6.74. The van der Waals surface area contributed by atoms with Crippen molar-refractivity contribution in [2.24, 2.45) is 0 Å². The van der Waals surface area contributed by atoms with E-state index in [0.29, 0.717) is 5.69 Å². The Balaban J connectivity index is 1.33. The number of hydrogen-bond acceptors (Lipinski definition) is 3. The van der Waals surface area contributed by atoms with Crippen molar-refractivity contribution in [2.45, 2.75) is 31.6 Å². The van der Waals surface area contributed by atoms with Gasteiger partial charge in [-0.05, 0) is 81.8 Å². The number of nitrogens with zero attached hydrogens (tertiary/aromatic N) is 4. The molecule has 3 heterocycles. The number of pyridine rings is 1. The van der Waals surface area contributed by atoms with Crippen molar-refractivity contribution >= 4 is 38.9 Å². The molecular formula is C48H42N4. The zero-order chi connectivity index (χ0) is 38.0. The molecule has 0 radical (unpaired) electrons. The lowest BCUT2D eigenvalue weighted by atomic mass is 9.65. The number of anilines is 3. The topological polar surface area (TPSA) is 24.3 Å². The summed E-state index contributed by atoms with van der Waals surface area (Å²) >= 11 is 0. The first kappa shape index (κ1) is 28.6. The lowest BCUT2D eigenvalue weighted by molar-refractivity contribution is 0.588. The molecule has 0 N–H and O–H groups in total. The van der Waals surface area contributed by atoms with Gasteiger partial charge in [0, 0.05) is 33.7 Å². The first-order chi connectivity index (χ1) is 26.5. The monoisotopic (exact) mass is 677 g/mol. The molecule has 0 spiro atoms. The van der Waals surface area contributed by atoms with Crippen molar-refractivity contribution in [1.82, 2.24) is 9.55 Å². The summed E-state index contributed by atoms with van der Waals surface area (Å²) in [6.07, 6.45) is 1.92. The Morgan fingerprint density at radius 3 is 1.90 bits per heavy atom. The van der Waals surface area contributed by atoms with Crippen LogP contribution in [0.15, 0.2) is 170 Å². The summed E-state index contributed by atoms with van der Waals surface area (Å²) in [7, 11) is 0. The van der Waals surface area contributed by atoms with Gasteiger partial charge in [-0.3, -0.25) is 4.57 Å². The van der Waals surface area contributed by atoms with Crippen LogP contribution in [-0.4, -0.2) is 23.2 Å². The second-order valence-electron chi connectivity index (χ2n) is 14.8. The van der Waals surface area contributed by atoms with Gasteiger partial charge in [-0.25, -0.2) is 4.98 Å². The highest BCUT2D eigenvalue weighted by atomic mass is 15.4. The minimum atomic E-state index is -2.28. The summed E-state index contributed by atoms with van der Waals surface area (Å²) in [5, 5.41) is 2.33. The molecule has 254 valence electrons. The molecule has 52 heavy (non-hydrogen) atoms. The summed E-state index contributed by atoms with van der Waals surface area (Å²) in [6, 6.07) is 57.7. The smallest absolute Gasteiger partial charge is 0.137 e. The number of benzene rings is 6. The lowest BCUT2D eigenvalue weighted by Gasteiger charge is -2.37. The number of fused-ring (bicyclic) bond motifs is 4. The van der Waals surface area contributed by atoms with Gasteiger partial charge in [0.1, 0.15) is 5.82 Å². The van der Waals surface area contributed by atoms with E-state index < -0.39 is 12.4 Å². The van der Waals surface area contributed by atoms with Gasteiger partial charge in [0.05, 0.1) is 34.5 Å². The minimum Gasteiger partial charge on any atom is -0.355 e. The molecule has 4 nitrogen and oxygen atoms in total. The molecule has 0 aliphatic carbocycles. The van der Waals surface area contributed by atoms with Crippen LogP contribution in [0.25, 0.3) is 27.6 Å². The molecule has 2 aromatic heterocycles. The number of hydrogen-bond donors (Lipinski definition) is 0. The first-order valence-electron chi connectivity index (χ1n) is 19.4. The van der Waals surface area contributed by atoms with Crippen LogP contribution in [0.4, 0.5) is 17.1 Å². The molecule has 9 rings (SSSR count). The van der Waals surface area contributed by atoms with Crippen LogP contribution in [0.1, 0.15) is 52.7 Å². The Labute approximate surface area is 310 Å². The average molecular weight is 678 g/mol. The third-order valence-electron chi connectivity index (χ3n) is 10.7. The Hall–Kier alpha value is -6.13. The maximum absolute atomic E-state index is 8.34. The van der Waals surface area contributed by atoms with Crippen LogP contribution >= 0.6 is 0 Å². The van der Waals surface area contributed by atoms with Gasteiger partial charge >= 0.3 is 0 Å². The van der Waals surface area contributed by atoms with Gasteiger partial charge in [-0.2, -0.15) is 0 Å². The predicted molar refractivity (Wildman–Crippen MR) is 217 cm³/mol. The molecule has 6 aromatic carbocycles. The Bertz CT molecular complexity index is 2640. The summed E-state index contributed by atoms with van der Waals surface area (Å²) in [4.78, 5) is 8.59. The van der Waals surface area contributed by atoms with Crippen LogP contribution in [-0.2, 0) is 10.8 Å². The molecule has 1 aliphatic rings. The normalized spacial score (nSPS) is 14.3. The molecule has 0 atom stereocenters. The quantitative estimate of drug-likeness (QED) is 0.164. The SMILES string of the molecule is [2H]C([2H])([2H])N1CN(c2cccc(C(c3ccccc3)(c3ccccc3)c3ccc4c5ccccc5n(-c5cc(C(C)(C)C)ccn5)c4c3)c2)c2ccccc21. The summed E-state index contributed by atoms with van der Waals surface area (Å²) in [5.41, 5.74) is 9.53. The van der Waals surface area contributed by atoms with Crippen LogP contribution in [0.2, 0.25) is 0 Å². The van der Waals surface area contributed by atoms with Crippen molar-refractivity contribution < 1.29 is 4.11 Å². The fourth-order valence-corrected chi connectivity index (χ4v) is 8.18. The first-order valence-corrected chi connectivity index (χ1v) is 17.9. The maximum atomic E-state index is 8.34. The van der Waals surface area contributed by atoms with Crippen LogP contribution in [0, 0.1) is 0 Å². The molecule has 0 fully saturated rings.